The van der Waals surface area contributed by atoms with Crippen LogP contribution >= 0.6 is 0 Å². The van der Waals surface area contributed by atoms with Gasteiger partial charge in [-0.2, -0.15) is 0 Å². The van der Waals surface area contributed by atoms with Crippen LogP contribution in [0.1, 0.15) is 12.8 Å². The maximum atomic E-state index is 11.7. The predicted molar refractivity (Wildman–Crippen MR) is 77.7 cm³/mol. The van der Waals surface area contributed by atoms with E-state index >= 15 is 0 Å². The van der Waals surface area contributed by atoms with E-state index in [2.05, 4.69) is 0 Å². The summed E-state index contributed by atoms with van der Waals surface area (Å²) in [4.78, 5) is 12.7. The first kappa shape index (κ1) is 14.8. The molecule has 1 atom stereocenters. The summed E-state index contributed by atoms with van der Waals surface area (Å²) < 4.78 is 23.3. The summed E-state index contributed by atoms with van der Waals surface area (Å²) in [6.45, 7) is 0.357. The van der Waals surface area contributed by atoms with Gasteiger partial charge in [0.05, 0.1) is 11.5 Å². The van der Waals surface area contributed by atoms with Gasteiger partial charge in [-0.25, -0.2) is 8.42 Å². The lowest BCUT2D eigenvalue weighted by molar-refractivity contribution is -0.135. The van der Waals surface area contributed by atoms with E-state index < -0.39 is 15.8 Å². The van der Waals surface area contributed by atoms with Crippen molar-refractivity contribution in [1.29, 1.82) is 0 Å². The van der Waals surface area contributed by atoms with Crippen LogP contribution in [0.15, 0.2) is 30.3 Å². The fourth-order valence-corrected chi connectivity index (χ4v) is 4.40. The van der Waals surface area contributed by atoms with E-state index in [1.54, 1.807) is 4.90 Å². The van der Waals surface area contributed by atoms with Gasteiger partial charge < -0.3 is 10.0 Å². The highest BCUT2D eigenvalue weighted by atomic mass is 32.2. The maximum absolute atomic E-state index is 11.7. The number of rotatable bonds is 5. The molecular formula is C14H19NO4S. The van der Waals surface area contributed by atoms with Gasteiger partial charge in [0.15, 0.2) is 9.84 Å². The minimum atomic E-state index is -2.96. The number of carbonyl (C=O) groups is 1. The number of para-hydroxylation sites is 1. The normalized spacial score (nSPS) is 21.3. The number of anilines is 1. The van der Waals surface area contributed by atoms with Gasteiger partial charge in [0, 0.05) is 12.2 Å². The summed E-state index contributed by atoms with van der Waals surface area (Å²) in [6, 6.07) is 9.26. The third kappa shape index (κ3) is 4.23. The zero-order chi connectivity index (χ0) is 14.6. The highest BCUT2D eigenvalue weighted by Gasteiger charge is 2.27. The zero-order valence-electron chi connectivity index (χ0n) is 11.2. The molecule has 1 aromatic rings. The zero-order valence-corrected chi connectivity index (χ0v) is 12.1. The largest absolute Gasteiger partial charge is 0.480 e. The first-order chi connectivity index (χ1) is 9.46. The number of carboxylic acid groups (broad SMARTS) is 1. The minimum absolute atomic E-state index is 0.00769. The molecule has 0 amide bonds. The molecule has 1 aromatic carbocycles. The lowest BCUT2D eigenvalue weighted by Gasteiger charge is -2.30. The molecular weight excluding hydrogens is 278 g/mol. The molecule has 0 saturated carbocycles. The smallest absolute Gasteiger partial charge is 0.323 e. The second kappa shape index (κ2) is 6.26. The van der Waals surface area contributed by atoms with Crippen molar-refractivity contribution in [3.8, 4) is 0 Å². The van der Waals surface area contributed by atoms with Gasteiger partial charge >= 0.3 is 5.97 Å². The Morgan fingerprint density at radius 1 is 1.30 bits per heavy atom. The van der Waals surface area contributed by atoms with Crippen LogP contribution in [0.2, 0.25) is 0 Å². The number of aliphatic carboxylic acids is 1. The molecule has 0 radical (unpaired) electrons. The molecule has 2 rings (SSSR count). The molecule has 0 aromatic heterocycles. The summed E-state index contributed by atoms with van der Waals surface area (Å²) in [6.07, 6.45) is 1.50. The van der Waals surface area contributed by atoms with Crippen molar-refractivity contribution in [3.05, 3.63) is 30.3 Å². The summed E-state index contributed by atoms with van der Waals surface area (Å²) in [5, 5.41) is 9.02. The molecule has 110 valence electrons. The van der Waals surface area contributed by atoms with E-state index in [1.807, 2.05) is 30.3 Å². The molecule has 1 N–H and O–H groups in total. The van der Waals surface area contributed by atoms with E-state index in [0.717, 1.165) is 12.1 Å². The van der Waals surface area contributed by atoms with Crippen LogP contribution in [0.4, 0.5) is 5.69 Å². The van der Waals surface area contributed by atoms with Gasteiger partial charge in [-0.15, -0.1) is 0 Å². The first-order valence-electron chi connectivity index (χ1n) is 6.68. The summed E-state index contributed by atoms with van der Waals surface area (Å²) >= 11 is 0. The molecule has 1 aliphatic heterocycles. The highest BCUT2D eigenvalue weighted by Crippen LogP contribution is 2.22. The third-order valence-electron chi connectivity index (χ3n) is 3.48. The molecule has 1 fully saturated rings. The molecule has 0 bridgehead atoms. The third-order valence-corrected chi connectivity index (χ3v) is 5.37. The van der Waals surface area contributed by atoms with Gasteiger partial charge in [0.25, 0.3) is 0 Å². The Balaban J connectivity index is 2.10. The molecule has 0 spiro atoms. The van der Waals surface area contributed by atoms with Crippen LogP contribution < -0.4 is 4.90 Å². The van der Waals surface area contributed by atoms with E-state index in [4.69, 9.17) is 5.11 Å². The van der Waals surface area contributed by atoms with Crippen molar-refractivity contribution in [2.75, 3.05) is 29.5 Å². The first-order valence-corrected chi connectivity index (χ1v) is 8.50. The molecule has 1 saturated heterocycles. The van der Waals surface area contributed by atoms with Crippen LogP contribution in [0.25, 0.3) is 0 Å². The molecule has 1 heterocycles. The average Bonchev–Trinajstić information content (AvgIpc) is 2.37. The number of carboxylic acids is 1. The number of hydrogen-bond acceptors (Lipinski definition) is 4. The molecule has 20 heavy (non-hydrogen) atoms. The van der Waals surface area contributed by atoms with Crippen molar-refractivity contribution in [3.63, 3.8) is 0 Å². The Kier molecular flexibility index (Phi) is 4.65. The molecule has 6 heteroatoms. The summed E-state index contributed by atoms with van der Waals surface area (Å²) in [5.74, 6) is -0.482. The molecule has 1 aliphatic rings. The monoisotopic (exact) mass is 297 g/mol. The van der Waals surface area contributed by atoms with Gasteiger partial charge in [0.2, 0.25) is 0 Å². The Labute approximate surface area is 119 Å². The van der Waals surface area contributed by atoms with Crippen LogP contribution in [0.5, 0.6) is 0 Å². The minimum Gasteiger partial charge on any atom is -0.480 e. The number of benzene rings is 1. The predicted octanol–water partition coefficient (Wildman–Crippen LogP) is 1.40. The molecule has 5 nitrogen and oxygen atoms in total. The summed E-state index contributed by atoms with van der Waals surface area (Å²) in [7, 11) is -2.96. The highest BCUT2D eigenvalue weighted by molar-refractivity contribution is 7.91. The average molecular weight is 297 g/mol. The van der Waals surface area contributed by atoms with Crippen LogP contribution in [0.3, 0.4) is 0 Å². The van der Waals surface area contributed by atoms with E-state index in [0.29, 0.717) is 13.0 Å². The fraction of sp³-hybridized carbons (Fsp3) is 0.500. The molecule has 1 unspecified atom stereocenters. The summed E-state index contributed by atoms with van der Waals surface area (Å²) in [5.41, 5.74) is 0.817. The molecule has 0 aliphatic carbocycles. The van der Waals surface area contributed by atoms with Gasteiger partial charge in [0.1, 0.15) is 6.54 Å². The van der Waals surface area contributed by atoms with E-state index in [1.165, 1.54) is 0 Å². The number of sulfone groups is 1. The standard InChI is InChI=1S/C14H19NO4S/c16-14(17)10-15(13-6-2-1-3-7-13)9-12-5-4-8-20(18,19)11-12/h1-3,6-7,12H,4-5,8-11H2,(H,16,17). The van der Waals surface area contributed by atoms with Crippen molar-refractivity contribution >= 4 is 21.5 Å². The topological polar surface area (TPSA) is 74.7 Å². The van der Waals surface area contributed by atoms with E-state index in [-0.39, 0.29) is 24.0 Å². The number of nitrogens with zero attached hydrogens (tertiary/aromatic N) is 1. The van der Waals surface area contributed by atoms with Gasteiger partial charge in [-0.3, -0.25) is 4.79 Å². The number of hydrogen-bond donors (Lipinski definition) is 1. The van der Waals surface area contributed by atoms with Crippen LogP contribution in [-0.4, -0.2) is 44.1 Å². The second-order valence-corrected chi connectivity index (χ2v) is 7.46. The van der Waals surface area contributed by atoms with Crippen molar-refractivity contribution in [1.82, 2.24) is 0 Å². The Hall–Kier alpha value is -1.56. The Bertz CT molecular complexity index is 556. The van der Waals surface area contributed by atoms with Crippen LogP contribution in [0, 0.1) is 5.92 Å². The van der Waals surface area contributed by atoms with Gasteiger partial charge in [-0.1, -0.05) is 18.2 Å². The maximum Gasteiger partial charge on any atom is 0.323 e. The van der Waals surface area contributed by atoms with Crippen molar-refractivity contribution < 1.29 is 18.3 Å². The lowest BCUT2D eigenvalue weighted by Crippen LogP contribution is -2.38. The lowest BCUT2D eigenvalue weighted by atomic mass is 10.0. The van der Waals surface area contributed by atoms with Crippen molar-refractivity contribution in [2.24, 2.45) is 5.92 Å². The quantitative estimate of drug-likeness (QED) is 0.889. The van der Waals surface area contributed by atoms with E-state index in [9.17, 15) is 13.2 Å². The van der Waals surface area contributed by atoms with Crippen LogP contribution in [-0.2, 0) is 14.6 Å². The Morgan fingerprint density at radius 3 is 2.60 bits per heavy atom. The van der Waals surface area contributed by atoms with Crippen molar-refractivity contribution in [2.45, 2.75) is 12.8 Å². The second-order valence-electron chi connectivity index (χ2n) is 5.23. The van der Waals surface area contributed by atoms with Gasteiger partial charge in [-0.05, 0) is 30.9 Å². The Morgan fingerprint density at radius 2 is 2.00 bits per heavy atom. The fourth-order valence-electron chi connectivity index (χ4n) is 2.64. The SMILES string of the molecule is O=C(O)CN(CC1CCCS(=O)(=O)C1)c1ccccc1.